The number of fused-ring (bicyclic) bond motifs is 3. The van der Waals surface area contributed by atoms with E-state index >= 15 is 0 Å². The van der Waals surface area contributed by atoms with Crippen molar-refractivity contribution in [3.63, 3.8) is 0 Å². The van der Waals surface area contributed by atoms with Crippen LogP contribution in [-0.2, 0) is 4.79 Å². The van der Waals surface area contributed by atoms with Gasteiger partial charge in [-0.3, -0.25) is 9.20 Å². The number of hydrogen-bond donors (Lipinski definition) is 0. The topological polar surface area (TPSA) is 63.4 Å². The molecular weight excluding hydrogens is 409 g/mol. The molecule has 0 bridgehead atoms. The molecular formula is C20H18FN5OS2. The zero-order chi connectivity index (χ0) is 19.8. The van der Waals surface area contributed by atoms with E-state index < -0.39 is 0 Å². The van der Waals surface area contributed by atoms with Gasteiger partial charge in [-0.2, -0.15) is 0 Å². The number of hydrogen-bond acceptors (Lipinski definition) is 6. The molecule has 1 saturated heterocycles. The molecule has 1 amide bonds. The normalized spacial score (nSPS) is 14.7. The highest BCUT2D eigenvalue weighted by Crippen LogP contribution is 2.35. The number of rotatable bonds is 4. The third-order valence-electron chi connectivity index (χ3n) is 5.14. The van der Waals surface area contributed by atoms with E-state index in [1.165, 1.54) is 41.7 Å². The molecule has 0 spiro atoms. The predicted molar refractivity (Wildman–Crippen MR) is 113 cm³/mol. The van der Waals surface area contributed by atoms with Crippen molar-refractivity contribution in [2.24, 2.45) is 0 Å². The summed E-state index contributed by atoms with van der Waals surface area (Å²) in [5.74, 6) is 0.215. The Labute approximate surface area is 174 Å². The first-order valence-electron chi connectivity index (χ1n) is 9.48. The van der Waals surface area contributed by atoms with Crippen LogP contribution in [-0.4, -0.2) is 49.2 Å². The average molecular weight is 428 g/mol. The first kappa shape index (κ1) is 18.5. The lowest BCUT2D eigenvalue weighted by atomic mass is 10.1. The third kappa shape index (κ3) is 3.49. The van der Waals surface area contributed by atoms with Crippen LogP contribution in [0.15, 0.2) is 41.1 Å². The second-order valence-electron chi connectivity index (χ2n) is 6.99. The number of aromatic nitrogens is 4. The first-order valence-corrected chi connectivity index (χ1v) is 11.3. The number of carbonyl (C=O) groups excluding carboxylic acids is 1. The van der Waals surface area contributed by atoms with Crippen LogP contribution in [0.2, 0.25) is 0 Å². The molecule has 0 saturated carbocycles. The zero-order valence-corrected chi connectivity index (χ0v) is 17.2. The molecule has 1 aromatic carbocycles. The average Bonchev–Trinajstić information content (AvgIpc) is 3.37. The lowest BCUT2D eigenvalue weighted by molar-refractivity contribution is -0.129. The third-order valence-corrected chi connectivity index (χ3v) is 6.95. The maximum absolute atomic E-state index is 13.3. The maximum Gasteiger partial charge on any atom is 0.233 e. The molecule has 0 unspecified atom stereocenters. The van der Waals surface area contributed by atoms with Crippen LogP contribution in [0.5, 0.6) is 0 Å². The SMILES string of the molecule is O=C(CSc1nnc2c3c(-c4ccc(F)cc4)csc3ncn12)N1CCCCC1. The van der Waals surface area contributed by atoms with E-state index in [0.29, 0.717) is 16.6 Å². The van der Waals surface area contributed by atoms with Crippen molar-refractivity contribution < 1.29 is 9.18 Å². The summed E-state index contributed by atoms with van der Waals surface area (Å²) >= 11 is 2.91. The van der Waals surface area contributed by atoms with Gasteiger partial charge in [-0.05, 0) is 37.0 Å². The standard InChI is InChI=1S/C20H18FN5OS2/c21-14-6-4-13(5-7-14)15-10-28-19-17(15)18-23-24-20(26(18)12-22-19)29-11-16(27)25-8-2-1-3-9-25/h4-7,10,12H,1-3,8-9,11H2. The number of piperidine rings is 1. The van der Waals surface area contributed by atoms with Gasteiger partial charge in [0, 0.05) is 24.0 Å². The largest absolute Gasteiger partial charge is 0.342 e. The van der Waals surface area contributed by atoms with Crippen molar-refractivity contribution in [3.8, 4) is 11.1 Å². The monoisotopic (exact) mass is 427 g/mol. The molecule has 29 heavy (non-hydrogen) atoms. The number of carbonyl (C=O) groups is 1. The van der Waals surface area contributed by atoms with Crippen molar-refractivity contribution in [3.05, 3.63) is 41.8 Å². The summed E-state index contributed by atoms with van der Waals surface area (Å²) < 4.78 is 15.1. The van der Waals surface area contributed by atoms with E-state index in [-0.39, 0.29) is 11.7 Å². The molecule has 148 valence electrons. The predicted octanol–water partition coefficient (Wildman–Crippen LogP) is 4.25. The van der Waals surface area contributed by atoms with Gasteiger partial charge in [-0.1, -0.05) is 23.9 Å². The Morgan fingerprint density at radius 3 is 2.72 bits per heavy atom. The van der Waals surface area contributed by atoms with Gasteiger partial charge in [0.1, 0.15) is 17.0 Å². The van der Waals surface area contributed by atoms with Crippen LogP contribution in [0.25, 0.3) is 27.0 Å². The molecule has 0 radical (unpaired) electrons. The highest BCUT2D eigenvalue weighted by atomic mass is 32.2. The van der Waals surface area contributed by atoms with Gasteiger partial charge >= 0.3 is 0 Å². The molecule has 0 atom stereocenters. The lowest BCUT2D eigenvalue weighted by Gasteiger charge is -2.26. The minimum absolute atomic E-state index is 0.142. The summed E-state index contributed by atoms with van der Waals surface area (Å²) in [6.45, 7) is 1.69. The molecule has 5 rings (SSSR count). The van der Waals surface area contributed by atoms with Crippen LogP contribution in [0.3, 0.4) is 0 Å². The number of nitrogens with zero attached hydrogens (tertiary/aromatic N) is 5. The number of thioether (sulfide) groups is 1. The fraction of sp³-hybridized carbons (Fsp3) is 0.300. The smallest absolute Gasteiger partial charge is 0.233 e. The van der Waals surface area contributed by atoms with Gasteiger partial charge < -0.3 is 4.90 Å². The van der Waals surface area contributed by atoms with Crippen molar-refractivity contribution in [1.82, 2.24) is 24.5 Å². The zero-order valence-electron chi connectivity index (χ0n) is 15.5. The van der Waals surface area contributed by atoms with Crippen molar-refractivity contribution in [1.29, 1.82) is 0 Å². The molecule has 4 heterocycles. The Morgan fingerprint density at radius 2 is 1.93 bits per heavy atom. The van der Waals surface area contributed by atoms with Crippen molar-refractivity contribution >= 4 is 44.9 Å². The summed E-state index contributed by atoms with van der Waals surface area (Å²) in [6.07, 6.45) is 5.06. The van der Waals surface area contributed by atoms with Gasteiger partial charge in [-0.15, -0.1) is 21.5 Å². The van der Waals surface area contributed by atoms with Gasteiger partial charge in [0.15, 0.2) is 10.8 Å². The van der Waals surface area contributed by atoms with E-state index in [1.54, 1.807) is 18.5 Å². The summed E-state index contributed by atoms with van der Waals surface area (Å²) in [5.41, 5.74) is 2.56. The number of likely N-dealkylation sites (tertiary alicyclic amines) is 1. The highest BCUT2D eigenvalue weighted by Gasteiger charge is 2.19. The van der Waals surface area contributed by atoms with Crippen LogP contribution in [0.1, 0.15) is 19.3 Å². The Balaban J connectivity index is 1.46. The van der Waals surface area contributed by atoms with Crippen molar-refractivity contribution in [2.75, 3.05) is 18.8 Å². The molecule has 6 nitrogen and oxygen atoms in total. The first-order chi connectivity index (χ1) is 14.2. The van der Waals surface area contributed by atoms with E-state index in [2.05, 4.69) is 15.2 Å². The van der Waals surface area contributed by atoms with Gasteiger partial charge in [0.2, 0.25) is 5.91 Å². The number of benzene rings is 1. The van der Waals surface area contributed by atoms with E-state index in [1.807, 2.05) is 14.7 Å². The second kappa shape index (κ2) is 7.72. The fourth-order valence-electron chi connectivity index (χ4n) is 3.62. The quantitative estimate of drug-likeness (QED) is 0.456. The summed E-state index contributed by atoms with van der Waals surface area (Å²) in [6, 6.07) is 6.40. The highest BCUT2D eigenvalue weighted by molar-refractivity contribution is 7.99. The van der Waals surface area contributed by atoms with E-state index in [4.69, 9.17) is 0 Å². The van der Waals surface area contributed by atoms with Crippen LogP contribution in [0, 0.1) is 5.82 Å². The Morgan fingerprint density at radius 1 is 1.14 bits per heavy atom. The van der Waals surface area contributed by atoms with E-state index in [0.717, 1.165) is 47.3 Å². The molecule has 1 fully saturated rings. The lowest BCUT2D eigenvalue weighted by Crippen LogP contribution is -2.36. The minimum Gasteiger partial charge on any atom is -0.342 e. The maximum atomic E-state index is 13.3. The van der Waals surface area contributed by atoms with Crippen LogP contribution in [0.4, 0.5) is 4.39 Å². The Bertz CT molecular complexity index is 1180. The Kier molecular flexibility index (Phi) is 4.92. The summed E-state index contributed by atoms with van der Waals surface area (Å²) in [5, 5.41) is 12.2. The summed E-state index contributed by atoms with van der Waals surface area (Å²) in [7, 11) is 0. The van der Waals surface area contributed by atoms with E-state index in [9.17, 15) is 9.18 Å². The van der Waals surface area contributed by atoms with Crippen LogP contribution >= 0.6 is 23.1 Å². The second-order valence-corrected chi connectivity index (χ2v) is 8.79. The number of thiophene rings is 1. The molecule has 1 aliphatic heterocycles. The van der Waals surface area contributed by atoms with Gasteiger partial charge in [0.25, 0.3) is 0 Å². The molecule has 1 aliphatic rings. The number of amides is 1. The van der Waals surface area contributed by atoms with Crippen molar-refractivity contribution in [2.45, 2.75) is 24.4 Å². The minimum atomic E-state index is -0.268. The van der Waals surface area contributed by atoms with Gasteiger partial charge in [0.05, 0.1) is 11.1 Å². The molecule has 9 heteroatoms. The molecule has 3 aromatic heterocycles. The molecule has 4 aromatic rings. The number of halogens is 1. The summed E-state index contributed by atoms with van der Waals surface area (Å²) in [4.78, 5) is 19.8. The van der Waals surface area contributed by atoms with Gasteiger partial charge in [-0.25, -0.2) is 9.37 Å². The Hall–Kier alpha value is -2.52. The fourth-order valence-corrected chi connectivity index (χ4v) is 5.34. The molecule has 0 aliphatic carbocycles. The molecule has 0 N–H and O–H groups in total. The van der Waals surface area contributed by atoms with Crippen LogP contribution < -0.4 is 0 Å².